The molecule has 1 aliphatic rings. The Morgan fingerprint density at radius 3 is 2.46 bits per heavy atom. The Morgan fingerprint density at radius 2 is 1.79 bits per heavy atom. The van der Waals surface area contributed by atoms with Gasteiger partial charge in [-0.1, -0.05) is 12.1 Å². The highest BCUT2D eigenvalue weighted by Crippen LogP contribution is 2.39. The number of fused-ring (bicyclic) bond motifs is 1. The van der Waals surface area contributed by atoms with Crippen LogP contribution in [-0.4, -0.2) is 12.9 Å². The molecule has 0 N–H and O–H groups in total. The summed E-state index contributed by atoms with van der Waals surface area (Å²) in [5.74, 6) is 3.47. The summed E-state index contributed by atoms with van der Waals surface area (Å²) in [6, 6.07) is 14.9. The van der Waals surface area contributed by atoms with E-state index in [0.717, 1.165) is 22.6 Å². The number of methoxy groups -OCH3 is 1. The second-order valence-electron chi connectivity index (χ2n) is 6.59. The maximum Gasteiger partial charge on any atom is 0.232 e. The van der Waals surface area contributed by atoms with Crippen LogP contribution in [0.25, 0.3) is 6.08 Å². The summed E-state index contributed by atoms with van der Waals surface area (Å²) in [7, 11) is 1.64. The van der Waals surface area contributed by atoms with Crippen molar-refractivity contribution in [2.45, 2.75) is 20.5 Å². The van der Waals surface area contributed by atoms with Crippen LogP contribution >= 0.6 is 0 Å². The Morgan fingerprint density at radius 1 is 1.00 bits per heavy atom. The normalized spacial score (nSPS) is 14.1. The van der Waals surface area contributed by atoms with E-state index in [4.69, 9.17) is 18.6 Å². The highest BCUT2D eigenvalue weighted by Gasteiger charge is 2.30. The van der Waals surface area contributed by atoms with Crippen molar-refractivity contribution in [3.63, 3.8) is 0 Å². The molecular formula is C23H20O5. The van der Waals surface area contributed by atoms with Crippen molar-refractivity contribution in [1.82, 2.24) is 0 Å². The van der Waals surface area contributed by atoms with E-state index in [9.17, 15) is 4.79 Å². The number of ketones is 1. The minimum Gasteiger partial charge on any atom is -0.497 e. The van der Waals surface area contributed by atoms with Crippen LogP contribution in [0.15, 0.2) is 58.7 Å². The smallest absolute Gasteiger partial charge is 0.232 e. The molecule has 4 rings (SSSR count). The summed E-state index contributed by atoms with van der Waals surface area (Å²) in [5.41, 5.74) is 2.34. The lowest BCUT2D eigenvalue weighted by Crippen LogP contribution is -1.98. The SMILES string of the molecule is COc1ccc(COc2ccc3c(c2C)O/C(=C\c2ccc(C)o2)C3=O)cc1. The van der Waals surface area contributed by atoms with Crippen LogP contribution in [0.2, 0.25) is 0 Å². The summed E-state index contributed by atoms with van der Waals surface area (Å²) in [6.45, 7) is 4.14. The summed E-state index contributed by atoms with van der Waals surface area (Å²) < 4.78 is 22.5. The Bertz CT molecular complexity index is 1060. The van der Waals surface area contributed by atoms with Gasteiger partial charge in [0.25, 0.3) is 0 Å². The summed E-state index contributed by atoms with van der Waals surface area (Å²) in [6.07, 6.45) is 1.62. The fourth-order valence-electron chi connectivity index (χ4n) is 3.07. The monoisotopic (exact) mass is 376 g/mol. The molecule has 0 amide bonds. The third-order valence-corrected chi connectivity index (χ3v) is 4.62. The minimum absolute atomic E-state index is 0.158. The predicted octanol–water partition coefficient (Wildman–Crippen LogP) is 5.10. The maximum absolute atomic E-state index is 12.6. The Balaban J connectivity index is 1.53. The van der Waals surface area contributed by atoms with Gasteiger partial charge in [-0.05, 0) is 55.8 Å². The molecule has 5 nitrogen and oxygen atoms in total. The number of Topliss-reactive ketones (excluding diaryl/α,β-unsaturated/α-hetero) is 1. The van der Waals surface area contributed by atoms with E-state index >= 15 is 0 Å². The van der Waals surface area contributed by atoms with Crippen LogP contribution in [0.5, 0.6) is 17.2 Å². The van der Waals surface area contributed by atoms with Crippen molar-refractivity contribution in [1.29, 1.82) is 0 Å². The number of carbonyl (C=O) groups excluding carboxylic acids is 1. The summed E-state index contributed by atoms with van der Waals surface area (Å²) in [5, 5.41) is 0. The summed E-state index contributed by atoms with van der Waals surface area (Å²) in [4.78, 5) is 12.6. The van der Waals surface area contributed by atoms with Gasteiger partial charge in [-0.3, -0.25) is 4.79 Å². The van der Waals surface area contributed by atoms with Gasteiger partial charge in [0.1, 0.15) is 35.4 Å². The largest absolute Gasteiger partial charge is 0.497 e. The maximum atomic E-state index is 12.6. The number of hydrogen-bond donors (Lipinski definition) is 0. The van der Waals surface area contributed by atoms with Crippen LogP contribution in [0.3, 0.4) is 0 Å². The van der Waals surface area contributed by atoms with Gasteiger partial charge in [0.05, 0.1) is 12.7 Å². The van der Waals surface area contributed by atoms with Crippen molar-refractivity contribution < 1.29 is 23.4 Å². The van der Waals surface area contributed by atoms with Crippen molar-refractivity contribution in [3.8, 4) is 17.2 Å². The molecule has 0 radical (unpaired) electrons. The number of rotatable bonds is 5. The highest BCUT2D eigenvalue weighted by molar-refractivity contribution is 6.14. The number of benzene rings is 2. The van der Waals surface area contributed by atoms with Crippen molar-refractivity contribution >= 4 is 11.9 Å². The van der Waals surface area contributed by atoms with Crippen LogP contribution in [0, 0.1) is 13.8 Å². The van der Waals surface area contributed by atoms with E-state index in [1.165, 1.54) is 0 Å². The predicted molar refractivity (Wildman–Crippen MR) is 105 cm³/mol. The van der Waals surface area contributed by atoms with Crippen LogP contribution in [-0.2, 0) is 6.61 Å². The Hall–Kier alpha value is -3.47. The number of aryl methyl sites for hydroxylation is 1. The molecule has 0 bridgehead atoms. The minimum atomic E-state index is -0.158. The second-order valence-corrected chi connectivity index (χ2v) is 6.59. The number of furan rings is 1. The molecule has 0 fully saturated rings. The first-order valence-electron chi connectivity index (χ1n) is 8.95. The average Bonchev–Trinajstić information content (AvgIpc) is 3.26. The Labute approximate surface area is 163 Å². The lowest BCUT2D eigenvalue weighted by molar-refractivity contribution is 0.101. The first kappa shape index (κ1) is 17.9. The van der Waals surface area contributed by atoms with E-state index in [1.807, 2.05) is 44.2 Å². The molecule has 2 heterocycles. The van der Waals surface area contributed by atoms with E-state index < -0.39 is 0 Å². The molecule has 0 saturated carbocycles. The van der Waals surface area contributed by atoms with Gasteiger partial charge in [-0.2, -0.15) is 0 Å². The van der Waals surface area contributed by atoms with Gasteiger partial charge in [0.15, 0.2) is 5.76 Å². The zero-order chi connectivity index (χ0) is 19.7. The lowest BCUT2D eigenvalue weighted by atomic mass is 10.1. The van der Waals surface area contributed by atoms with Gasteiger partial charge in [-0.15, -0.1) is 0 Å². The molecule has 1 aliphatic heterocycles. The zero-order valence-electron chi connectivity index (χ0n) is 15.9. The third kappa shape index (κ3) is 3.39. The molecular weight excluding hydrogens is 356 g/mol. The molecule has 0 atom stereocenters. The molecule has 0 spiro atoms. The average molecular weight is 376 g/mol. The number of allylic oxidation sites excluding steroid dienone is 1. The molecule has 1 aromatic heterocycles. The molecule has 28 heavy (non-hydrogen) atoms. The van der Waals surface area contributed by atoms with E-state index in [1.54, 1.807) is 31.4 Å². The van der Waals surface area contributed by atoms with Crippen LogP contribution < -0.4 is 14.2 Å². The molecule has 0 unspecified atom stereocenters. The standard InChI is InChI=1S/C23H20O5/c1-14-4-7-18(27-14)12-21-22(24)19-10-11-20(15(2)23(19)28-21)26-13-16-5-8-17(25-3)9-6-16/h4-12H,13H2,1-3H3/b21-12-. The summed E-state index contributed by atoms with van der Waals surface area (Å²) >= 11 is 0. The second kappa shape index (κ2) is 7.27. The van der Waals surface area contributed by atoms with Crippen molar-refractivity contribution in [2.24, 2.45) is 0 Å². The molecule has 0 aliphatic carbocycles. The number of hydrogen-bond acceptors (Lipinski definition) is 5. The van der Waals surface area contributed by atoms with Gasteiger partial charge < -0.3 is 18.6 Å². The van der Waals surface area contributed by atoms with Crippen LogP contribution in [0.4, 0.5) is 0 Å². The fraction of sp³-hybridized carbons (Fsp3) is 0.174. The topological polar surface area (TPSA) is 57.9 Å². The van der Waals surface area contributed by atoms with E-state index in [0.29, 0.717) is 29.4 Å². The van der Waals surface area contributed by atoms with Crippen molar-refractivity contribution in [3.05, 3.63) is 82.5 Å². The Kier molecular flexibility index (Phi) is 4.65. The first-order chi connectivity index (χ1) is 13.5. The quantitative estimate of drug-likeness (QED) is 0.580. The molecule has 3 aromatic rings. The zero-order valence-corrected chi connectivity index (χ0v) is 15.9. The van der Waals surface area contributed by atoms with E-state index in [2.05, 4.69) is 0 Å². The van der Waals surface area contributed by atoms with Gasteiger partial charge in [-0.25, -0.2) is 0 Å². The fourth-order valence-corrected chi connectivity index (χ4v) is 3.07. The third-order valence-electron chi connectivity index (χ3n) is 4.62. The first-order valence-corrected chi connectivity index (χ1v) is 8.95. The molecule has 2 aromatic carbocycles. The molecule has 5 heteroatoms. The molecule has 0 saturated heterocycles. The number of carbonyl (C=O) groups is 1. The van der Waals surface area contributed by atoms with Gasteiger partial charge in [0.2, 0.25) is 5.78 Å². The van der Waals surface area contributed by atoms with Gasteiger partial charge in [0, 0.05) is 11.6 Å². The van der Waals surface area contributed by atoms with E-state index in [-0.39, 0.29) is 11.5 Å². The van der Waals surface area contributed by atoms with Gasteiger partial charge >= 0.3 is 0 Å². The lowest BCUT2D eigenvalue weighted by Gasteiger charge is -2.11. The number of ether oxygens (including phenoxy) is 3. The van der Waals surface area contributed by atoms with Crippen molar-refractivity contribution in [2.75, 3.05) is 7.11 Å². The highest BCUT2D eigenvalue weighted by atomic mass is 16.5. The van der Waals surface area contributed by atoms with Crippen LogP contribution in [0.1, 0.15) is 33.0 Å². The molecule has 142 valence electrons.